The van der Waals surface area contributed by atoms with Crippen LogP contribution in [0.5, 0.6) is 0 Å². The molecule has 2 heterocycles. The van der Waals surface area contributed by atoms with Crippen molar-refractivity contribution in [2.75, 3.05) is 52.4 Å². The summed E-state index contributed by atoms with van der Waals surface area (Å²) in [6.45, 7) is 9.44. The van der Waals surface area contributed by atoms with E-state index in [-0.39, 0.29) is 6.10 Å². The number of hydrogen-bond donors (Lipinski definition) is 1. The minimum atomic E-state index is -0.248. The van der Waals surface area contributed by atoms with E-state index in [0.29, 0.717) is 12.3 Å². The Morgan fingerprint density at radius 2 is 1.60 bits per heavy atom. The van der Waals surface area contributed by atoms with Gasteiger partial charge in [-0.05, 0) is 26.2 Å². The molecule has 0 radical (unpaired) electrons. The maximum Gasteiger partial charge on any atom is 0.223 e. The topological polar surface area (TPSA) is 47.0 Å². The van der Waals surface area contributed by atoms with E-state index in [0.717, 1.165) is 52.4 Å². The highest BCUT2D eigenvalue weighted by Gasteiger charge is 2.20. The first-order chi connectivity index (χ1) is 9.65. The number of nitrogens with zero attached hydrogens (tertiary/aromatic N) is 3. The zero-order chi connectivity index (χ0) is 14.4. The third-order valence-electron chi connectivity index (χ3n) is 4.34. The monoisotopic (exact) mass is 283 g/mol. The minimum Gasteiger partial charge on any atom is -0.392 e. The number of β-amino-alcohol motifs (C(OH)–C–C–N with tert-alkyl or cyclic N) is 1. The van der Waals surface area contributed by atoms with Crippen LogP contribution >= 0.6 is 0 Å². The van der Waals surface area contributed by atoms with Crippen LogP contribution in [0.2, 0.25) is 0 Å². The normalized spacial score (nSPS) is 23.8. The van der Waals surface area contributed by atoms with Gasteiger partial charge in [0, 0.05) is 58.8 Å². The van der Waals surface area contributed by atoms with E-state index in [9.17, 15) is 9.90 Å². The molecule has 0 bridgehead atoms. The van der Waals surface area contributed by atoms with E-state index in [1.54, 1.807) is 0 Å². The summed E-state index contributed by atoms with van der Waals surface area (Å²) in [5.41, 5.74) is 0. The van der Waals surface area contributed by atoms with Gasteiger partial charge in [-0.15, -0.1) is 0 Å². The summed E-state index contributed by atoms with van der Waals surface area (Å²) in [5.74, 6) is 0.330. The van der Waals surface area contributed by atoms with E-state index in [4.69, 9.17) is 0 Å². The van der Waals surface area contributed by atoms with Crippen molar-refractivity contribution in [2.45, 2.75) is 38.7 Å². The summed E-state index contributed by atoms with van der Waals surface area (Å²) in [6.07, 6.45) is 4.03. The highest BCUT2D eigenvalue weighted by Crippen LogP contribution is 2.11. The van der Waals surface area contributed by atoms with E-state index < -0.39 is 0 Å². The molecule has 0 aliphatic carbocycles. The predicted octanol–water partition coefficient (Wildman–Crippen LogP) is 0.387. The lowest BCUT2D eigenvalue weighted by molar-refractivity contribution is -0.132. The van der Waals surface area contributed by atoms with Gasteiger partial charge in [0.2, 0.25) is 5.91 Å². The minimum absolute atomic E-state index is 0.248. The summed E-state index contributed by atoms with van der Waals surface area (Å²) in [7, 11) is 0. The lowest BCUT2D eigenvalue weighted by atomic mass is 10.1. The number of likely N-dealkylation sites (tertiary alicyclic amines) is 1. The van der Waals surface area contributed by atoms with Crippen LogP contribution in [0.25, 0.3) is 0 Å². The van der Waals surface area contributed by atoms with E-state index >= 15 is 0 Å². The van der Waals surface area contributed by atoms with Crippen molar-refractivity contribution in [3.63, 3.8) is 0 Å². The summed E-state index contributed by atoms with van der Waals surface area (Å²) in [4.78, 5) is 18.8. The molecule has 0 aromatic heterocycles. The zero-order valence-electron chi connectivity index (χ0n) is 12.8. The molecular formula is C15H29N3O2. The van der Waals surface area contributed by atoms with Crippen LogP contribution in [0.15, 0.2) is 0 Å². The van der Waals surface area contributed by atoms with Crippen LogP contribution in [0.4, 0.5) is 0 Å². The highest BCUT2D eigenvalue weighted by atomic mass is 16.3. The van der Waals surface area contributed by atoms with Crippen LogP contribution in [-0.2, 0) is 4.79 Å². The number of rotatable bonds is 5. The Morgan fingerprint density at radius 3 is 2.20 bits per heavy atom. The average Bonchev–Trinajstić information content (AvgIpc) is 2.46. The van der Waals surface area contributed by atoms with Gasteiger partial charge in [0.1, 0.15) is 0 Å². The van der Waals surface area contributed by atoms with Crippen molar-refractivity contribution < 1.29 is 9.90 Å². The van der Waals surface area contributed by atoms with Gasteiger partial charge in [0.05, 0.1) is 6.10 Å². The van der Waals surface area contributed by atoms with E-state index in [2.05, 4.69) is 9.80 Å². The standard InChI is InChI=1S/C15H29N3O2/c1-14(19)13-17-11-9-16(10-12-17)8-5-15(20)18-6-3-2-4-7-18/h14,19H,2-13H2,1H3. The van der Waals surface area contributed by atoms with Gasteiger partial charge in [0.25, 0.3) is 0 Å². The smallest absolute Gasteiger partial charge is 0.223 e. The number of hydrogen-bond acceptors (Lipinski definition) is 4. The van der Waals surface area contributed by atoms with Crippen molar-refractivity contribution in [2.24, 2.45) is 0 Å². The highest BCUT2D eigenvalue weighted by molar-refractivity contribution is 5.76. The molecule has 20 heavy (non-hydrogen) atoms. The van der Waals surface area contributed by atoms with Gasteiger partial charge < -0.3 is 14.9 Å². The van der Waals surface area contributed by atoms with Crippen LogP contribution in [0, 0.1) is 0 Å². The van der Waals surface area contributed by atoms with Crippen molar-refractivity contribution in [3.8, 4) is 0 Å². The van der Waals surface area contributed by atoms with Crippen molar-refractivity contribution in [1.29, 1.82) is 0 Å². The van der Waals surface area contributed by atoms with Gasteiger partial charge in [-0.3, -0.25) is 9.69 Å². The molecule has 1 atom stereocenters. The van der Waals surface area contributed by atoms with Crippen LogP contribution in [0.3, 0.4) is 0 Å². The lowest BCUT2D eigenvalue weighted by Crippen LogP contribution is -2.49. The first-order valence-corrected chi connectivity index (χ1v) is 8.05. The average molecular weight is 283 g/mol. The van der Waals surface area contributed by atoms with E-state index in [1.165, 1.54) is 19.3 Å². The van der Waals surface area contributed by atoms with Crippen molar-refractivity contribution >= 4 is 5.91 Å². The molecule has 1 N–H and O–H groups in total. The summed E-state index contributed by atoms with van der Waals surface area (Å²) in [5, 5.41) is 9.39. The Hall–Kier alpha value is -0.650. The quantitative estimate of drug-likeness (QED) is 0.793. The second-order valence-electron chi connectivity index (χ2n) is 6.18. The number of aliphatic hydroxyl groups is 1. The number of piperazine rings is 1. The number of carbonyl (C=O) groups is 1. The summed E-state index contributed by atoms with van der Waals surface area (Å²) < 4.78 is 0. The Bertz CT molecular complexity index is 295. The predicted molar refractivity (Wildman–Crippen MR) is 79.6 cm³/mol. The Kier molecular flexibility index (Phi) is 6.26. The second kappa shape index (κ2) is 7.96. The fraction of sp³-hybridized carbons (Fsp3) is 0.933. The fourth-order valence-electron chi connectivity index (χ4n) is 3.12. The first-order valence-electron chi connectivity index (χ1n) is 8.05. The van der Waals surface area contributed by atoms with Gasteiger partial charge in [0.15, 0.2) is 0 Å². The zero-order valence-corrected chi connectivity index (χ0v) is 12.8. The van der Waals surface area contributed by atoms with E-state index in [1.807, 2.05) is 11.8 Å². The van der Waals surface area contributed by atoms with Crippen molar-refractivity contribution in [3.05, 3.63) is 0 Å². The summed E-state index contributed by atoms with van der Waals surface area (Å²) in [6, 6.07) is 0. The van der Waals surface area contributed by atoms with Gasteiger partial charge in [-0.25, -0.2) is 0 Å². The Balaban J connectivity index is 1.61. The third-order valence-corrected chi connectivity index (χ3v) is 4.34. The van der Waals surface area contributed by atoms with Crippen LogP contribution < -0.4 is 0 Å². The molecule has 2 rings (SSSR count). The molecule has 1 unspecified atom stereocenters. The fourth-order valence-corrected chi connectivity index (χ4v) is 3.12. The van der Waals surface area contributed by atoms with Gasteiger partial charge in [-0.2, -0.15) is 0 Å². The Labute approximate surface area is 122 Å². The molecule has 2 saturated heterocycles. The van der Waals surface area contributed by atoms with Gasteiger partial charge >= 0.3 is 0 Å². The molecule has 2 aliphatic heterocycles. The summed E-state index contributed by atoms with van der Waals surface area (Å²) >= 11 is 0. The lowest BCUT2D eigenvalue weighted by Gasteiger charge is -2.35. The van der Waals surface area contributed by atoms with Gasteiger partial charge in [-0.1, -0.05) is 0 Å². The molecule has 2 fully saturated rings. The first kappa shape index (κ1) is 15.7. The molecule has 5 heteroatoms. The SMILES string of the molecule is CC(O)CN1CCN(CCC(=O)N2CCCCC2)CC1. The number of aliphatic hydroxyl groups excluding tert-OH is 1. The molecule has 5 nitrogen and oxygen atoms in total. The Morgan fingerprint density at radius 1 is 1.00 bits per heavy atom. The van der Waals surface area contributed by atoms with Crippen LogP contribution in [-0.4, -0.2) is 84.2 Å². The molecular weight excluding hydrogens is 254 g/mol. The molecule has 0 aromatic carbocycles. The molecule has 0 saturated carbocycles. The maximum atomic E-state index is 12.1. The second-order valence-corrected chi connectivity index (χ2v) is 6.18. The molecule has 116 valence electrons. The number of piperidine rings is 1. The molecule has 2 aliphatic rings. The van der Waals surface area contributed by atoms with Crippen LogP contribution in [0.1, 0.15) is 32.6 Å². The molecule has 1 amide bonds. The largest absolute Gasteiger partial charge is 0.392 e. The number of amides is 1. The molecule has 0 spiro atoms. The number of carbonyl (C=O) groups excluding carboxylic acids is 1. The van der Waals surface area contributed by atoms with Crippen molar-refractivity contribution in [1.82, 2.24) is 14.7 Å². The maximum absolute atomic E-state index is 12.1. The third kappa shape index (κ3) is 5.04. The molecule has 0 aromatic rings.